The van der Waals surface area contributed by atoms with Gasteiger partial charge in [0.15, 0.2) is 5.82 Å². The van der Waals surface area contributed by atoms with Crippen molar-refractivity contribution in [2.45, 2.75) is 61.9 Å². The third-order valence-corrected chi connectivity index (χ3v) is 10.6. The molecule has 5 unspecified atom stereocenters. The Morgan fingerprint density at radius 2 is 2.07 bits per heavy atom. The Hall–Kier alpha value is -3.54. The number of rotatable bonds is 4. The second kappa shape index (κ2) is 9.73. The van der Waals surface area contributed by atoms with Gasteiger partial charge in [-0.15, -0.1) is 0 Å². The summed E-state index contributed by atoms with van der Waals surface area (Å²) in [4.78, 5) is 18.6. The van der Waals surface area contributed by atoms with E-state index in [2.05, 4.69) is 20.1 Å². The van der Waals surface area contributed by atoms with Crippen molar-refractivity contribution in [2.24, 2.45) is 0 Å². The molecule has 5 aliphatic heterocycles. The van der Waals surface area contributed by atoms with Gasteiger partial charge in [0.25, 0.3) is 0 Å². The summed E-state index contributed by atoms with van der Waals surface area (Å²) < 4.78 is 44.0. The van der Waals surface area contributed by atoms with Crippen molar-refractivity contribution in [3.63, 3.8) is 0 Å². The predicted octanol–water partition coefficient (Wildman–Crippen LogP) is 5.00. The summed E-state index contributed by atoms with van der Waals surface area (Å²) in [5.74, 6) is 0.0313. The number of hydrogen-bond acceptors (Lipinski definition) is 9. The molecule has 9 nitrogen and oxygen atoms in total. The molecule has 2 aromatic carbocycles. The van der Waals surface area contributed by atoms with Gasteiger partial charge in [0.1, 0.15) is 47.5 Å². The molecule has 4 aromatic rings. The molecule has 7 heterocycles. The summed E-state index contributed by atoms with van der Waals surface area (Å²) >= 11 is 6.62. The zero-order chi connectivity index (χ0) is 29.7. The number of ether oxygens (including phenoxy) is 2. The lowest BCUT2D eigenvalue weighted by Crippen LogP contribution is -2.60. The standard InChI is InChI=1S/C32H31ClF2N6O3/c33-21-4-1-3-16-9-19(42)10-20(24(16)21)27-26(35)28-25-29(41-13-18-5-6-22(36-18)23(41)14-43-30(25)37-27)39-31(38-28)44-15-32-7-2-8-40(32)12-17(34)11-32/h1,3-4,9-10,17-18,22-23,36,42H,2,5-8,11-15H2. The van der Waals surface area contributed by atoms with Crippen LogP contribution in [0, 0.1) is 5.82 Å². The van der Waals surface area contributed by atoms with Gasteiger partial charge in [-0.05, 0) is 55.8 Å². The van der Waals surface area contributed by atoms with Gasteiger partial charge in [-0.1, -0.05) is 23.7 Å². The number of nitrogens with zero attached hydrogens (tertiary/aromatic N) is 5. The second-order valence-electron chi connectivity index (χ2n) is 12.9. The van der Waals surface area contributed by atoms with E-state index in [1.165, 1.54) is 6.07 Å². The lowest BCUT2D eigenvalue weighted by Gasteiger charge is -2.40. The number of phenolic OH excluding ortho intramolecular Hbond substituents is 1. The van der Waals surface area contributed by atoms with E-state index in [1.54, 1.807) is 24.3 Å². The quantitative estimate of drug-likeness (QED) is 0.327. The van der Waals surface area contributed by atoms with Gasteiger partial charge in [0.2, 0.25) is 5.88 Å². The fraction of sp³-hybridized carbons (Fsp3) is 0.469. The molecule has 2 aromatic heterocycles. The molecule has 228 valence electrons. The number of pyridine rings is 1. The summed E-state index contributed by atoms with van der Waals surface area (Å²) in [6.45, 7) is 2.49. The molecule has 4 fully saturated rings. The molecule has 12 heteroatoms. The summed E-state index contributed by atoms with van der Waals surface area (Å²) in [5.41, 5.74) is -0.0878. The van der Waals surface area contributed by atoms with Gasteiger partial charge in [0, 0.05) is 47.6 Å². The van der Waals surface area contributed by atoms with E-state index < -0.39 is 17.5 Å². The van der Waals surface area contributed by atoms with Crippen LogP contribution in [0.4, 0.5) is 14.6 Å². The molecule has 44 heavy (non-hydrogen) atoms. The highest BCUT2D eigenvalue weighted by atomic mass is 35.5. The number of benzene rings is 2. The molecule has 0 saturated carbocycles. The van der Waals surface area contributed by atoms with Crippen LogP contribution in [-0.4, -0.2) is 87.6 Å². The van der Waals surface area contributed by atoms with Crippen molar-refractivity contribution < 1.29 is 23.4 Å². The van der Waals surface area contributed by atoms with E-state index >= 15 is 4.39 Å². The number of halogens is 3. The van der Waals surface area contributed by atoms with Crippen LogP contribution in [0.1, 0.15) is 32.1 Å². The van der Waals surface area contributed by atoms with Gasteiger partial charge >= 0.3 is 6.01 Å². The Morgan fingerprint density at radius 1 is 1.16 bits per heavy atom. The second-order valence-corrected chi connectivity index (χ2v) is 13.3. The summed E-state index contributed by atoms with van der Waals surface area (Å²) in [6.07, 6.45) is 3.38. The summed E-state index contributed by atoms with van der Waals surface area (Å²) in [5, 5.41) is 16.3. The van der Waals surface area contributed by atoms with Crippen molar-refractivity contribution in [1.82, 2.24) is 25.2 Å². The van der Waals surface area contributed by atoms with E-state index in [0.29, 0.717) is 58.7 Å². The van der Waals surface area contributed by atoms with Gasteiger partial charge in [-0.3, -0.25) is 4.90 Å². The molecule has 5 aliphatic rings. The smallest absolute Gasteiger partial charge is 0.319 e. The SMILES string of the molecule is Oc1cc(-c2nc3c4c(nc(OCC56CCCN5CC(F)C6)nc4c2F)N2CC4CCC(N4)C2CO3)c2c(Cl)cccc2c1. The van der Waals surface area contributed by atoms with E-state index in [0.717, 1.165) is 32.2 Å². The van der Waals surface area contributed by atoms with Gasteiger partial charge in [-0.2, -0.15) is 9.97 Å². The summed E-state index contributed by atoms with van der Waals surface area (Å²) in [6, 6.07) is 8.83. The highest BCUT2D eigenvalue weighted by Crippen LogP contribution is 2.46. The monoisotopic (exact) mass is 620 g/mol. The number of aromatic nitrogens is 3. The first kappa shape index (κ1) is 26.8. The molecule has 0 radical (unpaired) electrons. The Morgan fingerprint density at radius 3 is 2.98 bits per heavy atom. The zero-order valence-electron chi connectivity index (χ0n) is 23.9. The lowest BCUT2D eigenvalue weighted by atomic mass is 9.95. The van der Waals surface area contributed by atoms with Gasteiger partial charge in [-0.25, -0.2) is 13.8 Å². The first-order chi connectivity index (χ1) is 21.4. The Bertz CT molecular complexity index is 1850. The number of anilines is 1. The van der Waals surface area contributed by atoms with Crippen LogP contribution in [0.15, 0.2) is 30.3 Å². The molecule has 4 saturated heterocycles. The van der Waals surface area contributed by atoms with Gasteiger partial charge in [0.05, 0.1) is 11.6 Å². The van der Waals surface area contributed by atoms with Crippen LogP contribution in [0.2, 0.25) is 5.02 Å². The van der Waals surface area contributed by atoms with Crippen LogP contribution in [-0.2, 0) is 0 Å². The number of hydrogen-bond donors (Lipinski definition) is 2. The first-order valence-corrected chi connectivity index (χ1v) is 15.7. The first-order valence-electron chi connectivity index (χ1n) is 15.4. The van der Waals surface area contributed by atoms with E-state index in [1.807, 2.05) is 0 Å². The maximum atomic E-state index is 16.9. The van der Waals surface area contributed by atoms with Crippen molar-refractivity contribution in [3.8, 4) is 28.9 Å². The van der Waals surface area contributed by atoms with E-state index in [-0.39, 0.29) is 53.6 Å². The molecule has 0 aliphatic carbocycles. The maximum absolute atomic E-state index is 16.9. The minimum atomic E-state index is -0.895. The molecular formula is C32H31ClF2N6O3. The van der Waals surface area contributed by atoms with Crippen LogP contribution < -0.4 is 19.7 Å². The molecule has 0 spiro atoms. The molecule has 0 amide bonds. The van der Waals surface area contributed by atoms with E-state index in [4.69, 9.17) is 31.0 Å². The number of alkyl halides is 1. The zero-order valence-corrected chi connectivity index (χ0v) is 24.7. The van der Waals surface area contributed by atoms with Crippen molar-refractivity contribution in [3.05, 3.63) is 41.2 Å². The average molecular weight is 621 g/mol. The number of nitrogens with one attached hydrogen (secondary N) is 1. The highest BCUT2D eigenvalue weighted by Gasteiger charge is 2.50. The third-order valence-electron chi connectivity index (χ3n) is 10.3. The van der Waals surface area contributed by atoms with Gasteiger partial charge < -0.3 is 24.8 Å². The maximum Gasteiger partial charge on any atom is 0.319 e. The van der Waals surface area contributed by atoms with E-state index in [9.17, 15) is 9.50 Å². The number of fused-ring (bicyclic) bond motifs is 7. The van der Waals surface area contributed by atoms with Crippen molar-refractivity contribution in [2.75, 3.05) is 37.7 Å². The lowest BCUT2D eigenvalue weighted by molar-refractivity contribution is 0.107. The Kier molecular flexibility index (Phi) is 5.93. The van der Waals surface area contributed by atoms with Crippen LogP contribution in [0.3, 0.4) is 0 Å². The fourth-order valence-electron chi connectivity index (χ4n) is 8.36. The number of piperazine rings is 1. The summed E-state index contributed by atoms with van der Waals surface area (Å²) in [7, 11) is 0. The number of aromatic hydroxyl groups is 1. The van der Waals surface area contributed by atoms with Crippen LogP contribution >= 0.6 is 11.6 Å². The van der Waals surface area contributed by atoms with Crippen molar-refractivity contribution >= 4 is 39.1 Å². The normalized spacial score (nSPS) is 29.1. The molecule has 5 atom stereocenters. The molecule has 9 rings (SSSR count). The molecule has 2 N–H and O–H groups in total. The van der Waals surface area contributed by atoms with Crippen LogP contribution in [0.5, 0.6) is 17.6 Å². The van der Waals surface area contributed by atoms with Crippen LogP contribution in [0.25, 0.3) is 32.9 Å². The molecular weight excluding hydrogens is 590 g/mol. The Labute approximate surface area is 257 Å². The number of phenols is 1. The highest BCUT2D eigenvalue weighted by molar-refractivity contribution is 6.36. The minimum Gasteiger partial charge on any atom is -0.508 e. The topological polar surface area (TPSA) is 95.9 Å². The third kappa shape index (κ3) is 3.98. The predicted molar refractivity (Wildman–Crippen MR) is 162 cm³/mol. The Balaban J connectivity index is 1.23. The molecule has 2 bridgehead atoms. The van der Waals surface area contributed by atoms with Crippen molar-refractivity contribution in [1.29, 1.82) is 0 Å². The fourth-order valence-corrected chi connectivity index (χ4v) is 8.64. The largest absolute Gasteiger partial charge is 0.508 e. The average Bonchev–Trinajstić information content (AvgIpc) is 3.64. The minimum absolute atomic E-state index is 0.0237.